The van der Waals surface area contributed by atoms with Crippen molar-refractivity contribution >= 4 is 33.8 Å². The van der Waals surface area contributed by atoms with E-state index < -0.39 is 17.5 Å². The topological polar surface area (TPSA) is 84.9 Å². The molecule has 1 saturated heterocycles. The van der Waals surface area contributed by atoms with E-state index in [1.165, 1.54) is 0 Å². The highest BCUT2D eigenvalue weighted by Gasteiger charge is 2.52. The van der Waals surface area contributed by atoms with Gasteiger partial charge in [0.05, 0.1) is 11.6 Å². The number of carbonyl (C=O) groups is 3. The summed E-state index contributed by atoms with van der Waals surface area (Å²) in [6, 6.07) is 4.80. The summed E-state index contributed by atoms with van der Waals surface area (Å²) >= 11 is 3.36. The maximum atomic E-state index is 12.5. The van der Waals surface area contributed by atoms with Crippen LogP contribution in [0.5, 0.6) is 5.75 Å². The average molecular weight is 411 g/mol. The molecule has 0 atom stereocenters. The van der Waals surface area contributed by atoms with Crippen LogP contribution in [0.15, 0.2) is 22.7 Å². The molecular formula is C17H19BrN2O5. The van der Waals surface area contributed by atoms with Gasteiger partial charge < -0.3 is 14.8 Å². The van der Waals surface area contributed by atoms with Gasteiger partial charge in [-0.05, 0) is 46.5 Å². The Bertz CT molecular complexity index is 715. The lowest BCUT2D eigenvalue weighted by Gasteiger charge is -2.19. The number of imide groups is 1. The number of nitrogens with one attached hydrogen (secondary N) is 1. The smallest absolute Gasteiger partial charge is 0.326 e. The molecule has 0 bridgehead atoms. The number of benzene rings is 1. The summed E-state index contributed by atoms with van der Waals surface area (Å²) in [5.41, 5.74) is -0.0384. The Labute approximate surface area is 153 Å². The van der Waals surface area contributed by atoms with E-state index in [2.05, 4.69) is 21.2 Å². The number of hydrogen-bond donors (Lipinski definition) is 1. The number of amides is 3. The van der Waals surface area contributed by atoms with Crippen molar-refractivity contribution in [2.24, 2.45) is 0 Å². The predicted molar refractivity (Wildman–Crippen MR) is 91.9 cm³/mol. The van der Waals surface area contributed by atoms with E-state index in [0.717, 1.165) is 27.8 Å². The van der Waals surface area contributed by atoms with Gasteiger partial charge in [-0.3, -0.25) is 14.5 Å². The SMILES string of the molecule is COc1ccc(COC(=O)CN2C(=O)NC3(CCCC3)C2=O)cc1Br. The number of nitrogens with zero attached hydrogens (tertiary/aromatic N) is 1. The monoisotopic (exact) mass is 410 g/mol. The molecule has 2 fully saturated rings. The summed E-state index contributed by atoms with van der Waals surface area (Å²) < 4.78 is 11.1. The van der Waals surface area contributed by atoms with Gasteiger partial charge in [0, 0.05) is 0 Å². The van der Waals surface area contributed by atoms with Gasteiger partial charge in [0.1, 0.15) is 24.4 Å². The van der Waals surface area contributed by atoms with E-state index in [1.807, 2.05) is 0 Å². The highest BCUT2D eigenvalue weighted by Crippen LogP contribution is 2.35. The molecule has 2 aliphatic rings. The zero-order chi connectivity index (χ0) is 18.0. The lowest BCUT2D eigenvalue weighted by molar-refractivity contribution is -0.148. The van der Waals surface area contributed by atoms with Crippen molar-refractivity contribution < 1.29 is 23.9 Å². The van der Waals surface area contributed by atoms with Crippen LogP contribution in [0.2, 0.25) is 0 Å². The second-order valence-electron chi connectivity index (χ2n) is 6.24. The number of methoxy groups -OCH3 is 1. The molecule has 3 rings (SSSR count). The van der Waals surface area contributed by atoms with Crippen LogP contribution >= 0.6 is 15.9 Å². The van der Waals surface area contributed by atoms with Crippen LogP contribution in [0, 0.1) is 0 Å². The molecule has 134 valence electrons. The van der Waals surface area contributed by atoms with E-state index in [0.29, 0.717) is 18.6 Å². The molecule has 1 spiro atoms. The second-order valence-corrected chi connectivity index (χ2v) is 7.09. The van der Waals surface area contributed by atoms with Crippen molar-refractivity contribution in [2.75, 3.05) is 13.7 Å². The van der Waals surface area contributed by atoms with E-state index >= 15 is 0 Å². The van der Waals surface area contributed by atoms with Gasteiger partial charge in [0.25, 0.3) is 5.91 Å². The number of esters is 1. The zero-order valence-electron chi connectivity index (χ0n) is 13.8. The fourth-order valence-corrected chi connectivity index (χ4v) is 3.86. The first kappa shape index (κ1) is 17.7. The highest BCUT2D eigenvalue weighted by atomic mass is 79.9. The van der Waals surface area contributed by atoms with Gasteiger partial charge in [0.2, 0.25) is 0 Å². The Morgan fingerprint density at radius 1 is 1.32 bits per heavy atom. The molecule has 3 amide bonds. The number of hydrogen-bond acceptors (Lipinski definition) is 5. The minimum Gasteiger partial charge on any atom is -0.496 e. The maximum Gasteiger partial charge on any atom is 0.326 e. The quantitative estimate of drug-likeness (QED) is 0.594. The van der Waals surface area contributed by atoms with E-state index in [9.17, 15) is 14.4 Å². The van der Waals surface area contributed by atoms with Crippen LogP contribution in [0.1, 0.15) is 31.2 Å². The maximum absolute atomic E-state index is 12.5. The van der Waals surface area contributed by atoms with Crippen molar-refractivity contribution in [3.8, 4) is 5.75 Å². The van der Waals surface area contributed by atoms with Crippen LogP contribution in [0.3, 0.4) is 0 Å². The number of halogens is 1. The fourth-order valence-electron chi connectivity index (χ4n) is 3.28. The minimum atomic E-state index is -0.807. The lowest BCUT2D eigenvalue weighted by Crippen LogP contribution is -2.44. The molecule has 1 heterocycles. The van der Waals surface area contributed by atoms with Crippen LogP contribution in [0.25, 0.3) is 0 Å². The standard InChI is InChI=1S/C17H19BrN2O5/c1-24-13-5-4-11(8-12(13)18)10-25-14(21)9-20-15(22)17(19-16(20)23)6-2-3-7-17/h4-5,8H,2-3,6-7,9-10H2,1H3,(H,19,23). The van der Waals surface area contributed by atoms with Crippen molar-refractivity contribution in [1.82, 2.24) is 10.2 Å². The van der Waals surface area contributed by atoms with Gasteiger partial charge >= 0.3 is 12.0 Å². The Morgan fingerprint density at radius 2 is 2.04 bits per heavy atom. The molecule has 1 aliphatic heterocycles. The first-order valence-corrected chi connectivity index (χ1v) is 8.87. The molecule has 1 aliphatic carbocycles. The van der Waals surface area contributed by atoms with Crippen LogP contribution in [-0.4, -0.2) is 42.0 Å². The van der Waals surface area contributed by atoms with Gasteiger partial charge in [-0.15, -0.1) is 0 Å². The molecule has 0 aromatic heterocycles. The molecule has 1 N–H and O–H groups in total. The Kier molecular flexibility index (Phi) is 4.99. The normalized spacial score (nSPS) is 18.6. The predicted octanol–water partition coefficient (Wildman–Crippen LogP) is 2.37. The molecule has 1 saturated carbocycles. The molecule has 0 radical (unpaired) electrons. The summed E-state index contributed by atoms with van der Waals surface area (Å²) in [6.45, 7) is -0.319. The molecule has 0 unspecified atom stereocenters. The van der Waals surface area contributed by atoms with Crippen molar-refractivity contribution in [2.45, 2.75) is 37.8 Å². The molecule has 7 nitrogen and oxygen atoms in total. The van der Waals surface area contributed by atoms with Gasteiger partial charge in [-0.1, -0.05) is 18.9 Å². The van der Waals surface area contributed by atoms with Gasteiger partial charge in [-0.2, -0.15) is 0 Å². The number of carbonyl (C=O) groups excluding carboxylic acids is 3. The Balaban J connectivity index is 1.57. The zero-order valence-corrected chi connectivity index (χ0v) is 15.4. The van der Waals surface area contributed by atoms with Crippen molar-refractivity contribution in [1.29, 1.82) is 0 Å². The van der Waals surface area contributed by atoms with Crippen molar-refractivity contribution in [3.05, 3.63) is 28.2 Å². The van der Waals surface area contributed by atoms with Crippen molar-refractivity contribution in [3.63, 3.8) is 0 Å². The van der Waals surface area contributed by atoms with Gasteiger partial charge in [0.15, 0.2) is 0 Å². The third-order valence-corrected chi connectivity index (χ3v) is 5.23. The lowest BCUT2D eigenvalue weighted by atomic mass is 9.98. The summed E-state index contributed by atoms with van der Waals surface area (Å²) in [7, 11) is 1.56. The summed E-state index contributed by atoms with van der Waals surface area (Å²) in [6.07, 6.45) is 3.05. The molecular weight excluding hydrogens is 392 g/mol. The highest BCUT2D eigenvalue weighted by molar-refractivity contribution is 9.10. The van der Waals surface area contributed by atoms with Crippen LogP contribution in [0.4, 0.5) is 4.79 Å². The Hall–Kier alpha value is -2.09. The summed E-state index contributed by atoms with van der Waals surface area (Å²) in [4.78, 5) is 37.5. The first-order valence-electron chi connectivity index (χ1n) is 8.07. The number of rotatable bonds is 5. The molecule has 8 heteroatoms. The largest absolute Gasteiger partial charge is 0.496 e. The summed E-state index contributed by atoms with van der Waals surface area (Å²) in [5.74, 6) is -0.263. The number of ether oxygens (including phenoxy) is 2. The number of urea groups is 1. The summed E-state index contributed by atoms with van der Waals surface area (Å²) in [5, 5.41) is 2.74. The first-order chi connectivity index (χ1) is 11.9. The van der Waals surface area contributed by atoms with E-state index in [-0.39, 0.29) is 19.1 Å². The Morgan fingerprint density at radius 3 is 2.68 bits per heavy atom. The van der Waals surface area contributed by atoms with E-state index in [4.69, 9.17) is 9.47 Å². The average Bonchev–Trinajstić information content (AvgIpc) is 3.14. The minimum absolute atomic E-state index is 0.0518. The van der Waals surface area contributed by atoms with Gasteiger partial charge in [-0.25, -0.2) is 4.79 Å². The van der Waals surface area contributed by atoms with Crippen LogP contribution in [-0.2, 0) is 20.9 Å². The van der Waals surface area contributed by atoms with Crippen LogP contribution < -0.4 is 10.1 Å². The third kappa shape index (κ3) is 3.49. The third-order valence-electron chi connectivity index (χ3n) is 4.61. The fraction of sp³-hybridized carbons (Fsp3) is 0.471. The molecule has 25 heavy (non-hydrogen) atoms. The van der Waals surface area contributed by atoms with E-state index in [1.54, 1.807) is 25.3 Å². The molecule has 1 aromatic carbocycles. The molecule has 1 aromatic rings. The second kappa shape index (κ2) is 7.03.